The van der Waals surface area contributed by atoms with Crippen molar-refractivity contribution < 1.29 is 19.1 Å². The molecule has 0 aliphatic heterocycles. The molecule has 0 bridgehead atoms. The van der Waals surface area contributed by atoms with Gasteiger partial charge in [0.05, 0.1) is 13.2 Å². The molecule has 0 aromatic heterocycles. The zero-order chi connectivity index (χ0) is 15.4. The summed E-state index contributed by atoms with van der Waals surface area (Å²) in [6.07, 6.45) is 4.18. The Bertz CT molecular complexity index is 256. The van der Waals surface area contributed by atoms with Gasteiger partial charge in [-0.25, -0.2) is 0 Å². The van der Waals surface area contributed by atoms with E-state index in [2.05, 4.69) is 0 Å². The molecule has 0 aliphatic carbocycles. The van der Waals surface area contributed by atoms with E-state index in [1.54, 1.807) is 0 Å². The third-order valence-electron chi connectivity index (χ3n) is 2.88. The summed E-state index contributed by atoms with van der Waals surface area (Å²) in [6, 6.07) is -1.47. The van der Waals surface area contributed by atoms with Crippen molar-refractivity contribution in [2.45, 2.75) is 64.5 Å². The van der Waals surface area contributed by atoms with Gasteiger partial charge in [0.1, 0.15) is 12.1 Å². The van der Waals surface area contributed by atoms with Crippen molar-refractivity contribution >= 4 is 11.9 Å². The van der Waals surface area contributed by atoms with Crippen LogP contribution < -0.4 is 11.5 Å². The summed E-state index contributed by atoms with van der Waals surface area (Å²) >= 11 is 0. The van der Waals surface area contributed by atoms with E-state index in [1.165, 1.54) is 0 Å². The van der Waals surface area contributed by atoms with Crippen molar-refractivity contribution in [3.8, 4) is 0 Å². The van der Waals surface area contributed by atoms with Crippen LogP contribution in [0.3, 0.4) is 0 Å². The summed E-state index contributed by atoms with van der Waals surface area (Å²) in [7, 11) is 0. The van der Waals surface area contributed by atoms with Crippen molar-refractivity contribution in [3.05, 3.63) is 0 Å². The molecule has 0 radical (unpaired) electrons. The van der Waals surface area contributed by atoms with E-state index < -0.39 is 24.0 Å². The van der Waals surface area contributed by atoms with Gasteiger partial charge in [0.15, 0.2) is 0 Å². The smallest absolute Gasteiger partial charge is 0.322 e. The van der Waals surface area contributed by atoms with Gasteiger partial charge in [-0.2, -0.15) is 0 Å². The summed E-state index contributed by atoms with van der Waals surface area (Å²) in [5.41, 5.74) is 11.4. The second-order valence-electron chi connectivity index (χ2n) is 4.83. The van der Waals surface area contributed by atoms with Gasteiger partial charge < -0.3 is 20.9 Å². The van der Waals surface area contributed by atoms with Crippen LogP contribution in [0, 0.1) is 0 Å². The Morgan fingerprint density at radius 1 is 0.850 bits per heavy atom. The van der Waals surface area contributed by atoms with Gasteiger partial charge in [-0.3, -0.25) is 9.59 Å². The van der Waals surface area contributed by atoms with Crippen LogP contribution in [0.25, 0.3) is 0 Å². The van der Waals surface area contributed by atoms with Gasteiger partial charge in [0.2, 0.25) is 0 Å². The highest BCUT2D eigenvalue weighted by Gasteiger charge is 2.20. The van der Waals surface area contributed by atoms with Crippen LogP contribution in [0.4, 0.5) is 0 Å². The first kappa shape index (κ1) is 18.9. The predicted octanol–water partition coefficient (Wildman–Crippen LogP) is 1.11. The Morgan fingerprint density at radius 2 is 1.20 bits per heavy atom. The van der Waals surface area contributed by atoms with Crippen molar-refractivity contribution in [2.24, 2.45) is 11.5 Å². The zero-order valence-corrected chi connectivity index (χ0v) is 12.6. The summed E-state index contributed by atoms with van der Waals surface area (Å²) in [5.74, 6) is -0.880. The highest BCUT2D eigenvalue weighted by Crippen LogP contribution is 2.03. The van der Waals surface area contributed by atoms with Gasteiger partial charge in [0, 0.05) is 0 Å². The maximum absolute atomic E-state index is 11.5. The number of rotatable bonds is 11. The van der Waals surface area contributed by atoms with Gasteiger partial charge in [0.25, 0.3) is 0 Å². The standard InChI is InChI=1S/C14H28N2O4/c1-3-5-9-19-13(17)11(15)7-8-12(16)14(18)20-10-6-4-2/h11-12H,3-10,15-16H2,1-2H3. The van der Waals surface area contributed by atoms with Crippen LogP contribution in [0.5, 0.6) is 0 Å². The van der Waals surface area contributed by atoms with Crippen molar-refractivity contribution in [2.75, 3.05) is 13.2 Å². The van der Waals surface area contributed by atoms with E-state index in [0.717, 1.165) is 25.7 Å². The molecule has 0 heterocycles. The summed E-state index contributed by atoms with van der Waals surface area (Å²) < 4.78 is 9.99. The molecule has 2 atom stereocenters. The highest BCUT2D eigenvalue weighted by molar-refractivity contribution is 5.77. The fourth-order valence-electron chi connectivity index (χ4n) is 1.44. The Balaban J connectivity index is 3.83. The number of carbonyl (C=O) groups excluding carboxylic acids is 2. The minimum absolute atomic E-state index is 0.314. The molecule has 0 aliphatic rings. The van der Waals surface area contributed by atoms with E-state index in [1.807, 2.05) is 13.8 Å². The normalized spacial score (nSPS) is 13.6. The largest absolute Gasteiger partial charge is 0.465 e. The summed E-state index contributed by atoms with van der Waals surface area (Å²) in [4.78, 5) is 23.0. The van der Waals surface area contributed by atoms with Crippen LogP contribution in [-0.4, -0.2) is 37.2 Å². The molecule has 0 saturated carbocycles. The average molecular weight is 288 g/mol. The first-order valence-corrected chi connectivity index (χ1v) is 7.37. The Morgan fingerprint density at radius 3 is 1.50 bits per heavy atom. The lowest BCUT2D eigenvalue weighted by Crippen LogP contribution is -2.37. The monoisotopic (exact) mass is 288 g/mol. The zero-order valence-electron chi connectivity index (χ0n) is 12.6. The molecule has 0 aromatic rings. The first-order valence-electron chi connectivity index (χ1n) is 7.37. The topological polar surface area (TPSA) is 105 Å². The van der Waals surface area contributed by atoms with Gasteiger partial charge in [-0.05, 0) is 25.7 Å². The molecule has 0 spiro atoms. The molecule has 0 saturated heterocycles. The van der Waals surface area contributed by atoms with E-state index in [4.69, 9.17) is 20.9 Å². The van der Waals surface area contributed by atoms with Gasteiger partial charge in [-0.15, -0.1) is 0 Å². The molecule has 0 amide bonds. The SMILES string of the molecule is CCCCOC(=O)C(N)CCC(N)C(=O)OCCCC. The van der Waals surface area contributed by atoms with Gasteiger partial charge >= 0.3 is 11.9 Å². The minimum atomic E-state index is -0.735. The fourth-order valence-corrected chi connectivity index (χ4v) is 1.44. The van der Waals surface area contributed by atoms with Crippen LogP contribution in [0.2, 0.25) is 0 Å². The predicted molar refractivity (Wildman–Crippen MR) is 76.9 cm³/mol. The van der Waals surface area contributed by atoms with E-state index in [-0.39, 0.29) is 0 Å². The highest BCUT2D eigenvalue weighted by atomic mass is 16.5. The van der Waals surface area contributed by atoms with E-state index in [0.29, 0.717) is 26.1 Å². The lowest BCUT2D eigenvalue weighted by molar-refractivity contribution is -0.147. The number of carbonyl (C=O) groups is 2. The minimum Gasteiger partial charge on any atom is -0.465 e. The molecule has 2 unspecified atom stereocenters. The van der Waals surface area contributed by atoms with Gasteiger partial charge in [-0.1, -0.05) is 26.7 Å². The Kier molecular flexibility index (Phi) is 11.0. The Hall–Kier alpha value is -1.14. The van der Waals surface area contributed by atoms with Crippen LogP contribution >= 0.6 is 0 Å². The fraction of sp³-hybridized carbons (Fsp3) is 0.857. The lowest BCUT2D eigenvalue weighted by atomic mass is 10.1. The van der Waals surface area contributed by atoms with Crippen molar-refractivity contribution in [1.82, 2.24) is 0 Å². The van der Waals surface area contributed by atoms with E-state index in [9.17, 15) is 9.59 Å². The summed E-state index contributed by atoms with van der Waals surface area (Å²) in [5, 5.41) is 0. The number of ether oxygens (including phenoxy) is 2. The second-order valence-corrected chi connectivity index (χ2v) is 4.83. The van der Waals surface area contributed by atoms with Crippen LogP contribution in [0.15, 0.2) is 0 Å². The third kappa shape index (κ3) is 8.87. The number of esters is 2. The number of hydrogen-bond acceptors (Lipinski definition) is 6. The molecule has 118 valence electrons. The molecule has 6 heteroatoms. The molecule has 0 aromatic carbocycles. The number of hydrogen-bond donors (Lipinski definition) is 2. The molecular weight excluding hydrogens is 260 g/mol. The average Bonchev–Trinajstić information content (AvgIpc) is 2.44. The molecule has 0 fully saturated rings. The Labute approximate surface area is 121 Å². The molecule has 20 heavy (non-hydrogen) atoms. The lowest BCUT2D eigenvalue weighted by Gasteiger charge is -2.14. The molecule has 6 nitrogen and oxygen atoms in total. The van der Waals surface area contributed by atoms with Crippen molar-refractivity contribution in [3.63, 3.8) is 0 Å². The number of nitrogens with two attached hydrogens (primary N) is 2. The maximum atomic E-state index is 11.5. The van der Waals surface area contributed by atoms with Crippen molar-refractivity contribution in [1.29, 1.82) is 0 Å². The molecule has 4 N–H and O–H groups in total. The molecule has 0 rings (SSSR count). The van der Waals surface area contributed by atoms with Crippen LogP contribution in [-0.2, 0) is 19.1 Å². The first-order chi connectivity index (χ1) is 9.52. The number of unbranched alkanes of at least 4 members (excludes halogenated alkanes) is 2. The second kappa shape index (κ2) is 11.7. The molecular formula is C14H28N2O4. The van der Waals surface area contributed by atoms with Crippen LogP contribution in [0.1, 0.15) is 52.4 Å². The quantitative estimate of drug-likeness (QED) is 0.436. The summed E-state index contributed by atoms with van der Waals surface area (Å²) in [6.45, 7) is 4.79. The third-order valence-corrected chi connectivity index (χ3v) is 2.88. The van der Waals surface area contributed by atoms with E-state index >= 15 is 0 Å². The maximum Gasteiger partial charge on any atom is 0.322 e.